The number of amides is 1. The SMILES string of the molecule is COc1ccc(Cl)cc1-c1nc(SCC(=O)NCC2CCCO2)n[nH]1. The lowest BCUT2D eigenvalue weighted by atomic mass is 10.2. The molecular formula is C16H19ClN4O3S. The van der Waals surface area contributed by atoms with Gasteiger partial charge in [-0.05, 0) is 31.0 Å². The highest BCUT2D eigenvalue weighted by atomic mass is 35.5. The van der Waals surface area contributed by atoms with Gasteiger partial charge in [-0.3, -0.25) is 9.89 Å². The van der Waals surface area contributed by atoms with Crippen molar-refractivity contribution >= 4 is 29.3 Å². The normalized spacial score (nSPS) is 16.8. The van der Waals surface area contributed by atoms with Crippen LogP contribution in [0.15, 0.2) is 23.4 Å². The van der Waals surface area contributed by atoms with Gasteiger partial charge in [-0.25, -0.2) is 4.98 Å². The zero-order valence-corrected chi connectivity index (χ0v) is 15.3. The second kappa shape index (κ2) is 8.55. The standard InChI is InChI=1S/C16H19ClN4O3S/c1-23-13-5-4-10(17)7-12(13)15-19-16(21-20-15)25-9-14(22)18-8-11-3-2-6-24-11/h4-5,7,11H,2-3,6,8-9H2,1H3,(H,18,22)(H,19,20,21). The van der Waals surface area contributed by atoms with Crippen molar-refractivity contribution in [3.05, 3.63) is 23.2 Å². The molecule has 25 heavy (non-hydrogen) atoms. The monoisotopic (exact) mass is 382 g/mol. The number of aromatic nitrogens is 3. The van der Waals surface area contributed by atoms with Crippen molar-refractivity contribution in [2.24, 2.45) is 0 Å². The summed E-state index contributed by atoms with van der Waals surface area (Å²) in [7, 11) is 1.58. The maximum atomic E-state index is 11.9. The molecule has 1 amide bonds. The Bertz CT molecular complexity index is 734. The Kier molecular flexibility index (Phi) is 6.17. The van der Waals surface area contributed by atoms with Gasteiger partial charge in [0.25, 0.3) is 0 Å². The lowest BCUT2D eigenvalue weighted by Crippen LogP contribution is -2.32. The van der Waals surface area contributed by atoms with Crippen LogP contribution in [0.25, 0.3) is 11.4 Å². The van der Waals surface area contributed by atoms with E-state index >= 15 is 0 Å². The number of nitrogens with one attached hydrogen (secondary N) is 2. The Morgan fingerprint density at radius 2 is 2.44 bits per heavy atom. The van der Waals surface area contributed by atoms with Crippen LogP contribution >= 0.6 is 23.4 Å². The molecule has 0 radical (unpaired) electrons. The Balaban J connectivity index is 1.55. The second-order valence-corrected chi connectivity index (χ2v) is 6.92. The van der Waals surface area contributed by atoms with Gasteiger partial charge in [-0.15, -0.1) is 5.10 Å². The molecule has 2 aromatic rings. The van der Waals surface area contributed by atoms with Gasteiger partial charge in [0.15, 0.2) is 5.82 Å². The van der Waals surface area contributed by atoms with Gasteiger partial charge in [0.1, 0.15) is 5.75 Å². The van der Waals surface area contributed by atoms with E-state index in [1.165, 1.54) is 11.8 Å². The molecule has 1 aliphatic heterocycles. The van der Waals surface area contributed by atoms with Crippen molar-refractivity contribution in [2.45, 2.75) is 24.1 Å². The van der Waals surface area contributed by atoms with Crippen LogP contribution in [0.5, 0.6) is 5.75 Å². The fourth-order valence-corrected chi connectivity index (χ4v) is 3.31. The van der Waals surface area contributed by atoms with E-state index in [-0.39, 0.29) is 17.8 Å². The number of hydrogen-bond acceptors (Lipinski definition) is 6. The molecule has 1 saturated heterocycles. The van der Waals surface area contributed by atoms with E-state index in [1.54, 1.807) is 25.3 Å². The number of benzene rings is 1. The molecule has 0 saturated carbocycles. The molecule has 2 N–H and O–H groups in total. The summed E-state index contributed by atoms with van der Waals surface area (Å²) in [5, 5.41) is 10.9. The van der Waals surface area contributed by atoms with Gasteiger partial charge >= 0.3 is 0 Å². The van der Waals surface area contributed by atoms with Crippen LogP contribution in [-0.2, 0) is 9.53 Å². The molecule has 1 aliphatic rings. The minimum absolute atomic E-state index is 0.0628. The first kappa shape index (κ1) is 18.0. The molecule has 7 nitrogen and oxygen atoms in total. The second-order valence-electron chi connectivity index (χ2n) is 5.54. The number of halogens is 1. The molecule has 2 heterocycles. The lowest BCUT2D eigenvalue weighted by Gasteiger charge is -2.09. The van der Waals surface area contributed by atoms with E-state index in [1.807, 2.05) is 0 Å². The van der Waals surface area contributed by atoms with E-state index in [4.69, 9.17) is 21.1 Å². The summed E-state index contributed by atoms with van der Waals surface area (Å²) in [4.78, 5) is 16.3. The first-order valence-corrected chi connectivity index (χ1v) is 9.29. The molecule has 134 valence electrons. The molecule has 3 rings (SSSR count). The third-order valence-corrected chi connectivity index (χ3v) is 4.85. The maximum Gasteiger partial charge on any atom is 0.230 e. The first-order chi connectivity index (χ1) is 12.2. The maximum absolute atomic E-state index is 11.9. The van der Waals surface area contributed by atoms with Gasteiger partial charge in [-0.2, -0.15) is 0 Å². The predicted octanol–water partition coefficient (Wildman–Crippen LogP) is 2.52. The van der Waals surface area contributed by atoms with E-state index in [9.17, 15) is 4.79 Å². The molecule has 0 aliphatic carbocycles. The molecule has 0 bridgehead atoms. The summed E-state index contributed by atoms with van der Waals surface area (Å²) < 4.78 is 10.8. The molecule has 1 aromatic heterocycles. The summed E-state index contributed by atoms with van der Waals surface area (Å²) in [5.41, 5.74) is 0.720. The van der Waals surface area contributed by atoms with Crippen molar-refractivity contribution in [3.63, 3.8) is 0 Å². The smallest absolute Gasteiger partial charge is 0.230 e. The number of thioether (sulfide) groups is 1. The van der Waals surface area contributed by atoms with E-state index in [0.29, 0.717) is 28.3 Å². The zero-order chi connectivity index (χ0) is 17.6. The fourth-order valence-electron chi connectivity index (χ4n) is 2.51. The Morgan fingerprint density at radius 1 is 1.56 bits per heavy atom. The van der Waals surface area contributed by atoms with E-state index < -0.39 is 0 Å². The Morgan fingerprint density at radius 3 is 3.20 bits per heavy atom. The predicted molar refractivity (Wildman–Crippen MR) is 96.1 cm³/mol. The number of nitrogens with zero attached hydrogens (tertiary/aromatic N) is 2. The number of ether oxygens (including phenoxy) is 2. The number of aromatic amines is 1. The molecule has 1 fully saturated rings. The third-order valence-electron chi connectivity index (χ3n) is 3.76. The van der Waals surface area contributed by atoms with Gasteiger partial charge in [0.05, 0.1) is 24.5 Å². The number of methoxy groups -OCH3 is 1. The molecule has 1 unspecified atom stereocenters. The van der Waals surface area contributed by atoms with Crippen molar-refractivity contribution in [2.75, 3.05) is 26.0 Å². The van der Waals surface area contributed by atoms with Crippen molar-refractivity contribution < 1.29 is 14.3 Å². The minimum Gasteiger partial charge on any atom is -0.496 e. The van der Waals surface area contributed by atoms with Crippen LogP contribution in [0.4, 0.5) is 0 Å². The molecule has 0 spiro atoms. The van der Waals surface area contributed by atoms with Gasteiger partial charge in [0.2, 0.25) is 11.1 Å². The van der Waals surface area contributed by atoms with Crippen LogP contribution in [-0.4, -0.2) is 53.2 Å². The zero-order valence-electron chi connectivity index (χ0n) is 13.8. The van der Waals surface area contributed by atoms with Crippen molar-refractivity contribution in [3.8, 4) is 17.1 Å². The number of rotatable bonds is 7. The van der Waals surface area contributed by atoms with Gasteiger partial charge < -0.3 is 14.8 Å². The lowest BCUT2D eigenvalue weighted by molar-refractivity contribution is -0.119. The average Bonchev–Trinajstić information content (AvgIpc) is 3.30. The number of carbonyl (C=O) groups is 1. The summed E-state index contributed by atoms with van der Waals surface area (Å²) in [5.74, 6) is 1.37. The third kappa shape index (κ3) is 4.87. The van der Waals surface area contributed by atoms with Crippen LogP contribution in [0, 0.1) is 0 Å². The summed E-state index contributed by atoms with van der Waals surface area (Å²) >= 11 is 7.30. The van der Waals surface area contributed by atoms with Crippen molar-refractivity contribution in [1.29, 1.82) is 0 Å². The van der Waals surface area contributed by atoms with Gasteiger partial charge in [-0.1, -0.05) is 23.4 Å². The van der Waals surface area contributed by atoms with E-state index in [0.717, 1.165) is 25.0 Å². The highest BCUT2D eigenvalue weighted by molar-refractivity contribution is 7.99. The van der Waals surface area contributed by atoms with Crippen LogP contribution < -0.4 is 10.1 Å². The summed E-state index contributed by atoms with van der Waals surface area (Å²) in [6, 6.07) is 5.27. The van der Waals surface area contributed by atoms with Gasteiger partial charge in [0, 0.05) is 18.2 Å². The minimum atomic E-state index is -0.0628. The first-order valence-electron chi connectivity index (χ1n) is 7.93. The topological polar surface area (TPSA) is 89.1 Å². The highest BCUT2D eigenvalue weighted by Crippen LogP contribution is 2.31. The van der Waals surface area contributed by atoms with Crippen LogP contribution in [0.1, 0.15) is 12.8 Å². The summed E-state index contributed by atoms with van der Waals surface area (Å²) in [6.07, 6.45) is 2.20. The highest BCUT2D eigenvalue weighted by Gasteiger charge is 2.17. The number of hydrogen-bond donors (Lipinski definition) is 2. The fraction of sp³-hybridized carbons (Fsp3) is 0.438. The van der Waals surface area contributed by atoms with Crippen LogP contribution in [0.3, 0.4) is 0 Å². The Hall–Kier alpha value is -1.77. The van der Waals surface area contributed by atoms with E-state index in [2.05, 4.69) is 20.5 Å². The summed E-state index contributed by atoms with van der Waals surface area (Å²) in [6.45, 7) is 1.33. The number of carbonyl (C=O) groups excluding carboxylic acids is 1. The largest absolute Gasteiger partial charge is 0.496 e. The average molecular weight is 383 g/mol. The van der Waals surface area contributed by atoms with Crippen LogP contribution in [0.2, 0.25) is 5.02 Å². The number of H-pyrrole nitrogens is 1. The molecule has 1 atom stereocenters. The molecular weight excluding hydrogens is 364 g/mol. The van der Waals surface area contributed by atoms with Crippen molar-refractivity contribution in [1.82, 2.24) is 20.5 Å². The molecule has 9 heteroatoms. The Labute approximate surface area is 154 Å². The molecule has 1 aromatic carbocycles. The quantitative estimate of drug-likeness (QED) is 0.715.